The SMILES string of the molecule is CCCn1ccnc1C(CC)C(=O)OCC. The zero-order chi connectivity index (χ0) is 12.0. The fourth-order valence-corrected chi connectivity index (χ4v) is 1.76. The maximum atomic E-state index is 11.8. The first-order valence-electron chi connectivity index (χ1n) is 5.92. The number of nitrogens with zero attached hydrogens (tertiary/aromatic N) is 2. The molecule has 0 aliphatic rings. The summed E-state index contributed by atoms with van der Waals surface area (Å²) in [7, 11) is 0. The van der Waals surface area contributed by atoms with E-state index in [0.717, 1.165) is 25.2 Å². The molecule has 90 valence electrons. The summed E-state index contributed by atoms with van der Waals surface area (Å²) in [5, 5.41) is 0. The average molecular weight is 224 g/mol. The molecule has 0 aliphatic heterocycles. The Morgan fingerprint density at radius 2 is 2.25 bits per heavy atom. The normalized spacial score (nSPS) is 12.4. The summed E-state index contributed by atoms with van der Waals surface area (Å²) in [6.45, 7) is 7.22. The molecule has 1 heterocycles. The summed E-state index contributed by atoms with van der Waals surface area (Å²) in [4.78, 5) is 16.0. The molecule has 0 saturated carbocycles. The smallest absolute Gasteiger partial charge is 0.316 e. The van der Waals surface area contributed by atoms with E-state index in [-0.39, 0.29) is 11.9 Å². The number of esters is 1. The van der Waals surface area contributed by atoms with Gasteiger partial charge in [-0.05, 0) is 19.8 Å². The van der Waals surface area contributed by atoms with Crippen LogP contribution >= 0.6 is 0 Å². The molecule has 0 bridgehead atoms. The number of ether oxygens (including phenoxy) is 1. The Morgan fingerprint density at radius 3 is 2.81 bits per heavy atom. The molecule has 4 heteroatoms. The van der Waals surface area contributed by atoms with Crippen LogP contribution in [0.3, 0.4) is 0 Å². The average Bonchev–Trinajstić information content (AvgIpc) is 2.69. The van der Waals surface area contributed by atoms with Gasteiger partial charge in [0.2, 0.25) is 0 Å². The fourth-order valence-electron chi connectivity index (χ4n) is 1.76. The third-order valence-corrected chi connectivity index (χ3v) is 2.50. The number of aromatic nitrogens is 2. The Labute approximate surface area is 96.6 Å². The predicted molar refractivity (Wildman–Crippen MR) is 62.2 cm³/mol. The van der Waals surface area contributed by atoms with E-state index in [1.165, 1.54) is 0 Å². The predicted octanol–water partition coefficient (Wildman–Crippen LogP) is 2.35. The third-order valence-electron chi connectivity index (χ3n) is 2.50. The summed E-state index contributed by atoms with van der Waals surface area (Å²) >= 11 is 0. The highest BCUT2D eigenvalue weighted by Gasteiger charge is 2.24. The maximum absolute atomic E-state index is 11.8. The lowest BCUT2D eigenvalue weighted by Crippen LogP contribution is -2.19. The highest BCUT2D eigenvalue weighted by Crippen LogP contribution is 2.19. The number of rotatable bonds is 6. The molecule has 4 nitrogen and oxygen atoms in total. The summed E-state index contributed by atoms with van der Waals surface area (Å²) in [5.74, 6) is 0.415. The van der Waals surface area contributed by atoms with Gasteiger partial charge in [0.15, 0.2) is 0 Å². The monoisotopic (exact) mass is 224 g/mol. The number of carbonyl (C=O) groups excluding carboxylic acids is 1. The number of carbonyl (C=O) groups is 1. The van der Waals surface area contributed by atoms with Gasteiger partial charge in [0.05, 0.1) is 6.61 Å². The lowest BCUT2D eigenvalue weighted by atomic mass is 10.1. The van der Waals surface area contributed by atoms with Crippen molar-refractivity contribution < 1.29 is 9.53 Å². The van der Waals surface area contributed by atoms with E-state index in [1.807, 2.05) is 24.6 Å². The molecule has 0 N–H and O–H groups in total. The zero-order valence-corrected chi connectivity index (χ0v) is 10.3. The minimum Gasteiger partial charge on any atom is -0.465 e. The molecular weight excluding hydrogens is 204 g/mol. The van der Waals surface area contributed by atoms with E-state index in [1.54, 1.807) is 6.20 Å². The highest BCUT2D eigenvalue weighted by molar-refractivity contribution is 5.77. The molecule has 1 unspecified atom stereocenters. The van der Waals surface area contributed by atoms with Crippen molar-refractivity contribution in [1.82, 2.24) is 9.55 Å². The first-order valence-corrected chi connectivity index (χ1v) is 5.92. The van der Waals surface area contributed by atoms with Crippen LogP contribution in [0.2, 0.25) is 0 Å². The van der Waals surface area contributed by atoms with Gasteiger partial charge in [-0.15, -0.1) is 0 Å². The van der Waals surface area contributed by atoms with Crippen LogP contribution in [-0.2, 0) is 16.1 Å². The van der Waals surface area contributed by atoms with Crippen molar-refractivity contribution >= 4 is 5.97 Å². The van der Waals surface area contributed by atoms with Gasteiger partial charge in [-0.2, -0.15) is 0 Å². The van der Waals surface area contributed by atoms with Crippen LogP contribution in [-0.4, -0.2) is 22.1 Å². The summed E-state index contributed by atoms with van der Waals surface area (Å²) in [6, 6.07) is 0. The molecule has 1 rings (SSSR count). The zero-order valence-electron chi connectivity index (χ0n) is 10.3. The molecule has 0 aromatic carbocycles. The van der Waals surface area contributed by atoms with Crippen LogP contribution in [0.1, 0.15) is 45.4 Å². The molecule has 0 spiro atoms. The topological polar surface area (TPSA) is 44.1 Å². The molecule has 0 radical (unpaired) electrons. The molecule has 1 aromatic rings. The highest BCUT2D eigenvalue weighted by atomic mass is 16.5. The van der Waals surface area contributed by atoms with E-state index < -0.39 is 0 Å². The standard InChI is InChI=1S/C12H20N2O2/c1-4-8-14-9-7-13-11(14)10(5-2)12(15)16-6-3/h7,9-10H,4-6,8H2,1-3H3. The van der Waals surface area contributed by atoms with Crippen LogP contribution < -0.4 is 0 Å². The van der Waals surface area contributed by atoms with Gasteiger partial charge in [0.25, 0.3) is 0 Å². The van der Waals surface area contributed by atoms with Gasteiger partial charge in [0.1, 0.15) is 11.7 Å². The summed E-state index contributed by atoms with van der Waals surface area (Å²) in [6.07, 6.45) is 5.41. The van der Waals surface area contributed by atoms with Gasteiger partial charge >= 0.3 is 5.97 Å². The molecule has 0 fully saturated rings. The van der Waals surface area contributed by atoms with Gasteiger partial charge in [-0.25, -0.2) is 4.98 Å². The molecular formula is C12H20N2O2. The lowest BCUT2D eigenvalue weighted by molar-refractivity contribution is -0.145. The summed E-state index contributed by atoms with van der Waals surface area (Å²) in [5.41, 5.74) is 0. The largest absolute Gasteiger partial charge is 0.465 e. The van der Waals surface area contributed by atoms with E-state index in [9.17, 15) is 4.79 Å². The van der Waals surface area contributed by atoms with Crippen LogP contribution in [0, 0.1) is 0 Å². The van der Waals surface area contributed by atoms with Gasteiger partial charge in [-0.1, -0.05) is 13.8 Å². The van der Waals surface area contributed by atoms with Crippen molar-refractivity contribution in [2.75, 3.05) is 6.61 Å². The van der Waals surface area contributed by atoms with Crippen molar-refractivity contribution in [3.05, 3.63) is 18.2 Å². The maximum Gasteiger partial charge on any atom is 0.316 e. The van der Waals surface area contributed by atoms with Gasteiger partial charge in [-0.3, -0.25) is 4.79 Å². The number of imidazole rings is 1. The minimum absolute atomic E-state index is 0.173. The van der Waals surface area contributed by atoms with Crippen molar-refractivity contribution in [2.24, 2.45) is 0 Å². The lowest BCUT2D eigenvalue weighted by Gasteiger charge is -2.14. The van der Waals surface area contributed by atoms with Crippen LogP contribution in [0.25, 0.3) is 0 Å². The molecule has 1 atom stereocenters. The van der Waals surface area contributed by atoms with Crippen LogP contribution in [0.5, 0.6) is 0 Å². The minimum atomic E-state index is -0.235. The molecule has 1 aromatic heterocycles. The number of aryl methyl sites for hydroxylation is 1. The second-order valence-electron chi connectivity index (χ2n) is 3.69. The fraction of sp³-hybridized carbons (Fsp3) is 0.667. The van der Waals surface area contributed by atoms with Crippen LogP contribution in [0.4, 0.5) is 0 Å². The molecule has 0 aliphatic carbocycles. The molecule has 0 saturated heterocycles. The number of hydrogen-bond acceptors (Lipinski definition) is 3. The van der Waals surface area contributed by atoms with E-state index in [4.69, 9.17) is 4.74 Å². The van der Waals surface area contributed by atoms with Crippen LogP contribution in [0.15, 0.2) is 12.4 Å². The first-order chi connectivity index (χ1) is 7.74. The summed E-state index contributed by atoms with van der Waals surface area (Å²) < 4.78 is 7.09. The Kier molecular flexibility index (Phi) is 5.02. The second kappa shape index (κ2) is 6.30. The van der Waals surface area contributed by atoms with Gasteiger partial charge in [0, 0.05) is 18.9 Å². The van der Waals surface area contributed by atoms with E-state index in [2.05, 4.69) is 11.9 Å². The molecule has 16 heavy (non-hydrogen) atoms. The quantitative estimate of drug-likeness (QED) is 0.697. The Bertz CT molecular complexity index is 334. The van der Waals surface area contributed by atoms with Crippen molar-refractivity contribution in [3.8, 4) is 0 Å². The first kappa shape index (κ1) is 12.7. The van der Waals surface area contributed by atoms with Gasteiger partial charge < -0.3 is 9.30 Å². The van der Waals surface area contributed by atoms with Crippen molar-refractivity contribution in [1.29, 1.82) is 0 Å². The third kappa shape index (κ3) is 2.84. The van der Waals surface area contributed by atoms with Crippen molar-refractivity contribution in [2.45, 2.75) is 46.1 Å². The second-order valence-corrected chi connectivity index (χ2v) is 3.69. The Morgan fingerprint density at radius 1 is 1.50 bits per heavy atom. The number of hydrogen-bond donors (Lipinski definition) is 0. The Balaban J connectivity index is 2.85. The van der Waals surface area contributed by atoms with E-state index >= 15 is 0 Å². The van der Waals surface area contributed by atoms with Crippen molar-refractivity contribution in [3.63, 3.8) is 0 Å². The van der Waals surface area contributed by atoms with E-state index in [0.29, 0.717) is 6.61 Å². The molecule has 0 amide bonds. The Hall–Kier alpha value is -1.32.